The number of benzene rings is 2. The summed E-state index contributed by atoms with van der Waals surface area (Å²) in [6, 6.07) is 13.6. The molecule has 21 heavy (non-hydrogen) atoms. The molecule has 0 fully saturated rings. The number of ether oxygens (including phenoxy) is 1. The van der Waals surface area contributed by atoms with Crippen LogP contribution in [0.25, 0.3) is 0 Å². The van der Waals surface area contributed by atoms with Gasteiger partial charge in [-0.2, -0.15) is 0 Å². The van der Waals surface area contributed by atoms with Gasteiger partial charge in [0.05, 0.1) is 18.5 Å². The quantitative estimate of drug-likeness (QED) is 0.861. The third-order valence-corrected chi connectivity index (χ3v) is 4.31. The number of anilines is 2. The van der Waals surface area contributed by atoms with Crippen molar-refractivity contribution in [2.75, 3.05) is 23.7 Å². The van der Waals surface area contributed by atoms with Crippen molar-refractivity contribution in [2.24, 2.45) is 0 Å². The van der Waals surface area contributed by atoms with E-state index in [2.05, 4.69) is 10.0 Å². The molecule has 112 valence electrons. The topological polar surface area (TPSA) is 67.4 Å². The Morgan fingerprint density at radius 3 is 2.57 bits per heavy atom. The summed E-state index contributed by atoms with van der Waals surface area (Å²) in [5.74, 6) is 0.593. The zero-order chi connectivity index (χ0) is 15.3. The van der Waals surface area contributed by atoms with Crippen LogP contribution in [0.1, 0.15) is 6.92 Å². The fraction of sp³-hybridized carbons (Fsp3) is 0.200. The van der Waals surface area contributed by atoms with Crippen molar-refractivity contribution in [3.63, 3.8) is 0 Å². The number of rotatable bonds is 6. The second kappa shape index (κ2) is 6.49. The SMILES string of the molecule is CCNc1ccccc1S(=O)(=O)Nc1cccc(OC)c1. The van der Waals surface area contributed by atoms with E-state index in [1.54, 1.807) is 48.5 Å². The van der Waals surface area contributed by atoms with Gasteiger partial charge < -0.3 is 10.1 Å². The second-order valence-corrected chi connectivity index (χ2v) is 6.01. The van der Waals surface area contributed by atoms with Gasteiger partial charge in [0.15, 0.2) is 0 Å². The molecule has 0 atom stereocenters. The Kier molecular flexibility index (Phi) is 4.70. The van der Waals surface area contributed by atoms with Gasteiger partial charge in [-0.15, -0.1) is 0 Å². The van der Waals surface area contributed by atoms with Crippen molar-refractivity contribution < 1.29 is 13.2 Å². The lowest BCUT2D eigenvalue weighted by molar-refractivity contribution is 0.415. The van der Waals surface area contributed by atoms with Crippen molar-refractivity contribution in [1.29, 1.82) is 0 Å². The molecule has 0 radical (unpaired) electrons. The molecule has 2 aromatic carbocycles. The normalized spacial score (nSPS) is 11.0. The summed E-state index contributed by atoms with van der Waals surface area (Å²) in [4.78, 5) is 0.217. The van der Waals surface area contributed by atoms with Crippen molar-refractivity contribution in [3.05, 3.63) is 48.5 Å². The number of hydrogen-bond donors (Lipinski definition) is 2. The first-order valence-corrected chi connectivity index (χ1v) is 8.05. The summed E-state index contributed by atoms with van der Waals surface area (Å²) in [5.41, 5.74) is 1.04. The number of methoxy groups -OCH3 is 1. The van der Waals surface area contributed by atoms with Crippen molar-refractivity contribution in [2.45, 2.75) is 11.8 Å². The van der Waals surface area contributed by atoms with Gasteiger partial charge in [0.25, 0.3) is 10.0 Å². The second-order valence-electron chi connectivity index (χ2n) is 4.36. The van der Waals surface area contributed by atoms with E-state index < -0.39 is 10.0 Å². The Morgan fingerprint density at radius 1 is 1.10 bits per heavy atom. The highest BCUT2D eigenvalue weighted by Crippen LogP contribution is 2.25. The highest BCUT2D eigenvalue weighted by atomic mass is 32.2. The van der Waals surface area contributed by atoms with Crippen LogP contribution < -0.4 is 14.8 Å². The molecule has 0 unspecified atom stereocenters. The van der Waals surface area contributed by atoms with Crippen LogP contribution in [-0.4, -0.2) is 22.1 Å². The summed E-state index contributed by atoms with van der Waals surface area (Å²) in [6.45, 7) is 2.56. The lowest BCUT2D eigenvalue weighted by Crippen LogP contribution is -2.15. The molecule has 0 amide bonds. The molecule has 0 aliphatic rings. The average Bonchev–Trinajstić information content (AvgIpc) is 2.48. The Labute approximate surface area is 125 Å². The molecule has 6 heteroatoms. The van der Waals surface area contributed by atoms with Crippen molar-refractivity contribution in [1.82, 2.24) is 0 Å². The van der Waals surface area contributed by atoms with Gasteiger partial charge in [0, 0.05) is 12.6 Å². The van der Waals surface area contributed by atoms with E-state index in [9.17, 15) is 8.42 Å². The zero-order valence-electron chi connectivity index (χ0n) is 12.0. The molecule has 2 rings (SSSR count). The van der Waals surface area contributed by atoms with Gasteiger partial charge in [0.1, 0.15) is 10.6 Å². The Bertz CT molecular complexity index is 714. The maximum absolute atomic E-state index is 12.5. The van der Waals surface area contributed by atoms with Gasteiger partial charge in [-0.05, 0) is 31.2 Å². The van der Waals surface area contributed by atoms with Gasteiger partial charge in [-0.3, -0.25) is 4.72 Å². The molecule has 0 bridgehead atoms. The fourth-order valence-electron chi connectivity index (χ4n) is 1.93. The molecule has 2 N–H and O–H groups in total. The number of hydrogen-bond acceptors (Lipinski definition) is 4. The summed E-state index contributed by atoms with van der Waals surface area (Å²) >= 11 is 0. The number of nitrogens with one attached hydrogen (secondary N) is 2. The van der Waals surface area contributed by atoms with E-state index in [4.69, 9.17) is 4.74 Å². The van der Waals surface area contributed by atoms with E-state index in [0.29, 0.717) is 23.7 Å². The van der Waals surface area contributed by atoms with Crippen LogP contribution in [0.5, 0.6) is 5.75 Å². The molecule has 0 heterocycles. The molecule has 0 spiro atoms. The largest absolute Gasteiger partial charge is 0.497 e. The molecular formula is C15H18N2O3S. The van der Waals surface area contributed by atoms with Crippen LogP contribution in [0.4, 0.5) is 11.4 Å². The highest BCUT2D eigenvalue weighted by molar-refractivity contribution is 7.92. The third-order valence-electron chi connectivity index (χ3n) is 2.87. The van der Waals surface area contributed by atoms with Crippen LogP contribution in [0, 0.1) is 0 Å². The first-order valence-electron chi connectivity index (χ1n) is 6.56. The lowest BCUT2D eigenvalue weighted by Gasteiger charge is -2.13. The minimum Gasteiger partial charge on any atom is -0.497 e. The number of sulfonamides is 1. The van der Waals surface area contributed by atoms with Crippen molar-refractivity contribution in [3.8, 4) is 5.75 Å². The van der Waals surface area contributed by atoms with Gasteiger partial charge in [-0.1, -0.05) is 18.2 Å². The summed E-state index contributed by atoms with van der Waals surface area (Å²) < 4.78 is 32.7. The Balaban J connectivity index is 2.34. The molecule has 0 aromatic heterocycles. The van der Waals surface area contributed by atoms with E-state index in [0.717, 1.165) is 0 Å². The summed E-state index contributed by atoms with van der Waals surface area (Å²) in [5, 5.41) is 3.05. The fourth-order valence-corrected chi connectivity index (χ4v) is 3.17. The van der Waals surface area contributed by atoms with Crippen LogP contribution in [0.15, 0.2) is 53.4 Å². The minimum absolute atomic E-state index is 0.217. The molecule has 0 aliphatic carbocycles. The van der Waals surface area contributed by atoms with E-state index in [1.807, 2.05) is 6.92 Å². The van der Waals surface area contributed by atoms with E-state index in [1.165, 1.54) is 7.11 Å². The highest BCUT2D eigenvalue weighted by Gasteiger charge is 2.18. The Hall–Kier alpha value is -2.21. The molecule has 0 saturated carbocycles. The zero-order valence-corrected chi connectivity index (χ0v) is 12.8. The molecule has 2 aromatic rings. The molecular weight excluding hydrogens is 288 g/mol. The van der Waals surface area contributed by atoms with Gasteiger partial charge in [-0.25, -0.2) is 8.42 Å². The monoisotopic (exact) mass is 306 g/mol. The summed E-state index contributed by atoms with van der Waals surface area (Å²) in [6.07, 6.45) is 0. The van der Waals surface area contributed by atoms with Crippen LogP contribution in [0.3, 0.4) is 0 Å². The van der Waals surface area contributed by atoms with Crippen molar-refractivity contribution >= 4 is 21.4 Å². The predicted octanol–water partition coefficient (Wildman–Crippen LogP) is 2.93. The van der Waals surface area contributed by atoms with E-state index >= 15 is 0 Å². The lowest BCUT2D eigenvalue weighted by atomic mass is 10.3. The maximum atomic E-state index is 12.5. The third kappa shape index (κ3) is 3.66. The number of para-hydroxylation sites is 1. The van der Waals surface area contributed by atoms with Gasteiger partial charge >= 0.3 is 0 Å². The van der Waals surface area contributed by atoms with Crippen LogP contribution in [-0.2, 0) is 10.0 Å². The van der Waals surface area contributed by atoms with Gasteiger partial charge in [0.2, 0.25) is 0 Å². The minimum atomic E-state index is -3.66. The maximum Gasteiger partial charge on any atom is 0.263 e. The standard InChI is InChI=1S/C15H18N2O3S/c1-3-16-14-9-4-5-10-15(14)21(18,19)17-12-7-6-8-13(11-12)20-2/h4-11,16-17H,3H2,1-2H3. The molecule has 0 aliphatic heterocycles. The first-order chi connectivity index (χ1) is 10.1. The van der Waals surface area contributed by atoms with E-state index in [-0.39, 0.29) is 4.90 Å². The first kappa shape index (κ1) is 15.2. The predicted molar refractivity (Wildman–Crippen MR) is 84.4 cm³/mol. The van der Waals surface area contributed by atoms with Crippen LogP contribution in [0.2, 0.25) is 0 Å². The average molecular weight is 306 g/mol. The molecule has 5 nitrogen and oxygen atoms in total. The summed E-state index contributed by atoms with van der Waals surface area (Å²) in [7, 11) is -2.12. The smallest absolute Gasteiger partial charge is 0.263 e. The Morgan fingerprint density at radius 2 is 1.86 bits per heavy atom. The van der Waals surface area contributed by atoms with Crippen LogP contribution >= 0.6 is 0 Å². The molecule has 0 saturated heterocycles.